The number of rotatable bonds is 7. The number of halogens is 1. The predicted octanol–water partition coefficient (Wildman–Crippen LogP) is -4.01. The third-order valence-corrected chi connectivity index (χ3v) is 8.22. The molecule has 0 spiro atoms. The topological polar surface area (TPSA) is 176 Å². The average molecular weight is 564 g/mol. The van der Waals surface area contributed by atoms with Crippen molar-refractivity contribution in [2.45, 2.75) is 16.6 Å². The van der Waals surface area contributed by atoms with E-state index in [4.69, 9.17) is 17.3 Å². The Balaban J connectivity index is 0.00000342. The van der Waals surface area contributed by atoms with Gasteiger partial charge in [0, 0.05) is 29.5 Å². The molecule has 12 nitrogen and oxygen atoms in total. The number of anilines is 1. The van der Waals surface area contributed by atoms with Crippen LogP contribution in [0.2, 0.25) is 0 Å². The zero-order chi connectivity index (χ0) is 24.6. The van der Waals surface area contributed by atoms with Crippen molar-refractivity contribution in [1.82, 2.24) is 30.0 Å². The third-order valence-electron chi connectivity index (χ3n) is 4.88. The van der Waals surface area contributed by atoms with Gasteiger partial charge in [-0.15, -0.1) is 23.1 Å². The number of hydrogen-bond acceptors (Lipinski definition) is 12. The summed E-state index contributed by atoms with van der Waals surface area (Å²) in [5.74, 6) is -2.31. The second kappa shape index (κ2) is 11.5. The van der Waals surface area contributed by atoms with Crippen molar-refractivity contribution in [3.63, 3.8) is 0 Å². The predicted molar refractivity (Wildman–Crippen MR) is 125 cm³/mol. The Morgan fingerprint density at radius 2 is 2.14 bits per heavy atom. The second-order valence-electron chi connectivity index (χ2n) is 6.98. The van der Waals surface area contributed by atoms with Crippen LogP contribution in [-0.4, -0.2) is 65.4 Å². The number of hydrogen-bond donors (Lipinski definition) is 2. The number of thiazole rings is 1. The van der Waals surface area contributed by atoms with Crippen LogP contribution in [0.4, 0.5) is 5.13 Å². The minimum atomic E-state index is -1.51. The van der Waals surface area contributed by atoms with Crippen molar-refractivity contribution >= 4 is 74.9 Å². The van der Waals surface area contributed by atoms with Gasteiger partial charge in [-0.2, -0.15) is 10.1 Å². The fraction of sp³-hybridized carbons (Fsp3) is 0.278. The maximum absolute atomic E-state index is 12.8. The number of aryl methyl sites for hydroxylation is 1. The Bertz CT molecular complexity index is 1310. The van der Waals surface area contributed by atoms with Crippen molar-refractivity contribution < 1.29 is 49.0 Å². The molecule has 1 fully saturated rings. The first kappa shape index (κ1) is 27.7. The molecule has 2 atom stereocenters. The largest absolute Gasteiger partial charge is 1.00 e. The fourth-order valence-electron chi connectivity index (χ4n) is 3.29. The summed E-state index contributed by atoms with van der Waals surface area (Å²) in [4.78, 5) is 57.9. The minimum absolute atomic E-state index is 0. The Morgan fingerprint density at radius 1 is 1.40 bits per heavy atom. The fourth-order valence-corrected chi connectivity index (χ4v) is 6.47. The number of nitrogen functional groups attached to an aromatic ring is 1. The number of thioether (sulfide) groups is 2. The Kier molecular flexibility index (Phi) is 9.06. The van der Waals surface area contributed by atoms with Crippen molar-refractivity contribution in [1.29, 1.82) is 0 Å². The molecule has 0 radical (unpaired) electrons. The first-order chi connectivity index (χ1) is 16.2. The molecule has 2 amide bonds. The molecule has 178 valence electrons. The van der Waals surface area contributed by atoms with Gasteiger partial charge in [-0.25, -0.2) is 9.67 Å². The summed E-state index contributed by atoms with van der Waals surface area (Å²) in [6.45, 7) is 0. The number of nitrogens with one attached hydrogen (secondary N) is 1. The summed E-state index contributed by atoms with van der Waals surface area (Å²) in [7, 11) is 1.60. The molecule has 2 aromatic rings. The maximum Gasteiger partial charge on any atom is 1.00 e. The van der Waals surface area contributed by atoms with Crippen LogP contribution < -0.4 is 51.3 Å². The van der Waals surface area contributed by atoms with E-state index in [0.717, 1.165) is 39.7 Å². The molecule has 4 heterocycles. The van der Waals surface area contributed by atoms with Crippen molar-refractivity contribution in [2.24, 2.45) is 7.05 Å². The molecule has 2 aromatic heterocycles. The summed E-state index contributed by atoms with van der Waals surface area (Å²) in [5, 5.41) is 19.8. The summed E-state index contributed by atoms with van der Waals surface area (Å²) in [5.41, 5.74) is 6.61. The van der Waals surface area contributed by atoms with Crippen LogP contribution in [0.15, 0.2) is 38.3 Å². The number of aromatic nitrogens is 4. The van der Waals surface area contributed by atoms with Crippen LogP contribution in [0, 0.1) is 0 Å². The van der Waals surface area contributed by atoms with Crippen LogP contribution in [0.3, 0.4) is 0 Å². The zero-order valence-corrected chi connectivity index (χ0v) is 23.5. The number of β-lactam (4-membered cyclic amide) rings is 1. The van der Waals surface area contributed by atoms with E-state index < -0.39 is 34.8 Å². The van der Waals surface area contributed by atoms with Crippen LogP contribution in [0.25, 0.3) is 5.57 Å². The molecular formula is C18H15ClN7NaO5S3. The molecule has 1 saturated heterocycles. The summed E-state index contributed by atoms with van der Waals surface area (Å²) in [6.07, 6.45) is 1.07. The van der Waals surface area contributed by atoms with Crippen LogP contribution >= 0.6 is 46.5 Å². The summed E-state index contributed by atoms with van der Waals surface area (Å²) in [6, 6.07) is -0.954. The van der Waals surface area contributed by atoms with Gasteiger partial charge in [-0.3, -0.25) is 19.3 Å². The number of nitrogens with two attached hydrogens (primary N) is 1. The van der Waals surface area contributed by atoms with Crippen LogP contribution in [0.1, 0.15) is 5.69 Å². The van der Waals surface area contributed by atoms with Gasteiger partial charge < -0.3 is 21.0 Å². The molecule has 0 aromatic carbocycles. The van der Waals surface area contributed by atoms with Gasteiger partial charge in [-0.1, -0.05) is 23.4 Å². The van der Waals surface area contributed by atoms with Gasteiger partial charge in [-0.05, 0) is 5.57 Å². The van der Waals surface area contributed by atoms with Gasteiger partial charge in [0.15, 0.2) is 10.3 Å². The van der Waals surface area contributed by atoms with Crippen molar-refractivity contribution in [3.8, 4) is 0 Å². The van der Waals surface area contributed by atoms with Gasteiger partial charge in [0.05, 0.1) is 22.9 Å². The van der Waals surface area contributed by atoms with Crippen molar-refractivity contribution in [2.75, 3.05) is 17.2 Å². The van der Waals surface area contributed by atoms with Gasteiger partial charge in [0.1, 0.15) is 17.6 Å². The molecule has 1 unspecified atom stereocenters. The molecular weight excluding hydrogens is 549 g/mol. The number of carboxylic acid groups (broad SMARTS) is 1. The zero-order valence-electron chi connectivity index (χ0n) is 18.3. The van der Waals surface area contributed by atoms with E-state index in [1.54, 1.807) is 12.4 Å². The molecule has 3 N–H and O–H groups in total. The number of nitrogens with zero attached hydrogens (tertiary/aromatic N) is 5. The Labute approximate surface area is 237 Å². The number of aliphatic carboxylic acids is 1. The Hall–Kier alpha value is -1.88. The van der Waals surface area contributed by atoms with E-state index in [1.807, 2.05) is 0 Å². The van der Waals surface area contributed by atoms with E-state index in [9.17, 15) is 24.3 Å². The molecule has 2 aliphatic heterocycles. The molecule has 17 heteroatoms. The molecule has 2 aliphatic rings. The third kappa shape index (κ3) is 5.60. The number of carbonyl (C=O) groups excluding carboxylic acids is 3. The van der Waals surface area contributed by atoms with E-state index in [1.165, 1.54) is 16.4 Å². The van der Waals surface area contributed by atoms with Gasteiger partial charge >= 0.3 is 29.6 Å². The van der Waals surface area contributed by atoms with Crippen LogP contribution in [0.5, 0.6) is 0 Å². The molecule has 35 heavy (non-hydrogen) atoms. The van der Waals surface area contributed by atoms with E-state index in [2.05, 4.69) is 20.4 Å². The smallest absolute Gasteiger partial charge is 0.543 e. The van der Waals surface area contributed by atoms with Crippen molar-refractivity contribution in [3.05, 3.63) is 44.4 Å². The maximum atomic E-state index is 12.8. The SMILES string of the molecule is Cn1ncc(=O)nc1SCC1=C(C(=O)[O-])N2C(=O)C(NC(=O)/C(=C/Cl)c3csc(N)n3)[C@H]2SC1.[Na+]. The number of carboxylic acids is 1. The summed E-state index contributed by atoms with van der Waals surface area (Å²) < 4.78 is 1.39. The normalized spacial score (nSPS) is 19.5. The first-order valence-corrected chi connectivity index (χ1v) is 12.8. The number of fused-ring (bicyclic) bond motifs is 1. The summed E-state index contributed by atoms with van der Waals surface area (Å²) >= 11 is 9.33. The van der Waals surface area contributed by atoms with Gasteiger partial charge in [0.25, 0.3) is 17.4 Å². The standard InChI is InChI=1S/C18H16ClN7O5S3.Na/c1-25-18(23-10(27)3-21-25)34-5-7-4-32-15-11(14(29)26(15)12(7)16(30)31)24-13(28)8(2-19)9-6-33-17(20)22-9;/h2-3,6,11,15H,4-5H2,1H3,(H2,20,22)(H,24,28)(H,30,31);/q;+1/p-1/b8-2+;/t11?,15-;/m1./s1. The van der Waals surface area contributed by atoms with E-state index in [0.29, 0.717) is 10.7 Å². The molecule has 0 aliphatic carbocycles. The van der Waals surface area contributed by atoms with E-state index >= 15 is 0 Å². The van der Waals surface area contributed by atoms with Gasteiger partial charge in [0.2, 0.25) is 0 Å². The first-order valence-electron chi connectivity index (χ1n) is 9.45. The molecule has 4 rings (SSSR count). The minimum Gasteiger partial charge on any atom is -0.543 e. The van der Waals surface area contributed by atoms with E-state index in [-0.39, 0.29) is 63.2 Å². The average Bonchev–Trinajstić information content (AvgIpc) is 3.23. The number of carbonyl (C=O) groups is 3. The Morgan fingerprint density at radius 3 is 2.77 bits per heavy atom. The van der Waals surface area contributed by atoms with Crippen LogP contribution in [-0.2, 0) is 21.4 Å². The quantitative estimate of drug-likeness (QED) is 0.145. The molecule has 0 bridgehead atoms. The number of amides is 2. The molecule has 0 saturated carbocycles. The second-order valence-corrected chi connectivity index (χ2v) is 10.1. The monoisotopic (exact) mass is 563 g/mol.